The summed E-state index contributed by atoms with van der Waals surface area (Å²) >= 11 is 0. The molecule has 22 heavy (non-hydrogen) atoms. The molecule has 0 aliphatic carbocycles. The molecule has 0 atom stereocenters. The van der Waals surface area contributed by atoms with E-state index in [1.165, 1.54) is 12.1 Å². The fourth-order valence-corrected chi connectivity index (χ4v) is 2.10. The summed E-state index contributed by atoms with van der Waals surface area (Å²) < 4.78 is 1.69. The highest BCUT2D eigenvalue weighted by Crippen LogP contribution is 2.19. The zero-order valence-corrected chi connectivity index (χ0v) is 11.8. The number of imidazole rings is 1. The largest absolute Gasteiger partial charge is 0.357 e. The summed E-state index contributed by atoms with van der Waals surface area (Å²) in [6, 6.07) is 13.9. The monoisotopic (exact) mass is 295 g/mol. The van der Waals surface area contributed by atoms with Crippen LogP contribution in [0.3, 0.4) is 0 Å². The minimum Gasteiger partial charge on any atom is -0.357 e. The molecule has 0 amide bonds. The maximum Gasteiger partial charge on any atom is 0.269 e. The predicted octanol–water partition coefficient (Wildman–Crippen LogP) is 2.87. The molecular formula is C15H13N5O2. The van der Waals surface area contributed by atoms with Gasteiger partial charge in [-0.05, 0) is 29.8 Å². The van der Waals surface area contributed by atoms with Crippen LogP contribution in [0.2, 0.25) is 0 Å². The number of aromatic nitrogens is 2. The van der Waals surface area contributed by atoms with E-state index < -0.39 is 4.92 Å². The van der Waals surface area contributed by atoms with Gasteiger partial charge in [-0.3, -0.25) is 10.1 Å². The van der Waals surface area contributed by atoms with Crippen LogP contribution < -0.4 is 5.32 Å². The van der Waals surface area contributed by atoms with Gasteiger partial charge in [0, 0.05) is 19.2 Å². The van der Waals surface area contributed by atoms with Gasteiger partial charge < -0.3 is 5.32 Å². The molecule has 2 aromatic carbocycles. The number of para-hydroxylation sites is 2. The highest BCUT2D eigenvalue weighted by Gasteiger charge is 2.07. The van der Waals surface area contributed by atoms with E-state index in [2.05, 4.69) is 15.4 Å². The summed E-state index contributed by atoms with van der Waals surface area (Å²) in [5, 5.41) is 18.0. The summed E-state index contributed by atoms with van der Waals surface area (Å²) in [4.78, 5) is 14.6. The van der Waals surface area contributed by atoms with Gasteiger partial charge in [0.2, 0.25) is 5.95 Å². The van der Waals surface area contributed by atoms with Gasteiger partial charge in [0.25, 0.3) is 5.69 Å². The number of non-ortho nitro benzene ring substituents is 1. The van der Waals surface area contributed by atoms with Crippen LogP contribution in [-0.4, -0.2) is 27.8 Å². The van der Waals surface area contributed by atoms with Crippen LogP contribution in [0.15, 0.2) is 53.6 Å². The lowest BCUT2D eigenvalue weighted by atomic mass is 10.2. The van der Waals surface area contributed by atoms with Gasteiger partial charge in [0.15, 0.2) is 0 Å². The van der Waals surface area contributed by atoms with Crippen molar-refractivity contribution in [3.63, 3.8) is 0 Å². The van der Waals surface area contributed by atoms with Crippen molar-refractivity contribution in [1.82, 2.24) is 9.66 Å². The highest BCUT2D eigenvalue weighted by atomic mass is 16.6. The minimum absolute atomic E-state index is 0.0566. The third kappa shape index (κ3) is 2.51. The van der Waals surface area contributed by atoms with Crippen molar-refractivity contribution in [2.45, 2.75) is 0 Å². The Balaban J connectivity index is 1.96. The van der Waals surface area contributed by atoms with E-state index in [-0.39, 0.29) is 5.69 Å². The van der Waals surface area contributed by atoms with Gasteiger partial charge in [-0.2, -0.15) is 9.78 Å². The maximum atomic E-state index is 10.6. The second-order valence-corrected chi connectivity index (χ2v) is 4.58. The molecule has 0 unspecified atom stereocenters. The summed E-state index contributed by atoms with van der Waals surface area (Å²) in [5.41, 5.74) is 2.55. The quantitative estimate of drug-likeness (QED) is 0.455. The molecule has 7 nitrogen and oxygen atoms in total. The van der Waals surface area contributed by atoms with Crippen molar-refractivity contribution in [3.05, 3.63) is 64.2 Å². The van der Waals surface area contributed by atoms with Gasteiger partial charge in [0.1, 0.15) is 0 Å². The highest BCUT2D eigenvalue weighted by molar-refractivity contribution is 5.83. The average molecular weight is 295 g/mol. The molecule has 3 aromatic rings. The van der Waals surface area contributed by atoms with Crippen molar-refractivity contribution in [3.8, 4) is 0 Å². The Bertz CT molecular complexity index is 852. The van der Waals surface area contributed by atoms with Crippen LogP contribution in [0.1, 0.15) is 5.56 Å². The first-order valence-electron chi connectivity index (χ1n) is 6.63. The molecule has 0 fully saturated rings. The minimum atomic E-state index is -0.427. The van der Waals surface area contributed by atoms with Crippen molar-refractivity contribution in [2.75, 3.05) is 12.4 Å². The van der Waals surface area contributed by atoms with E-state index in [4.69, 9.17) is 0 Å². The predicted molar refractivity (Wildman–Crippen MR) is 85.4 cm³/mol. The van der Waals surface area contributed by atoms with Crippen molar-refractivity contribution in [1.29, 1.82) is 0 Å². The van der Waals surface area contributed by atoms with Gasteiger partial charge in [-0.1, -0.05) is 12.1 Å². The van der Waals surface area contributed by atoms with Crippen LogP contribution in [0, 0.1) is 10.1 Å². The average Bonchev–Trinajstić information content (AvgIpc) is 2.91. The third-order valence-electron chi connectivity index (χ3n) is 3.19. The lowest BCUT2D eigenvalue weighted by Gasteiger charge is -2.01. The van der Waals surface area contributed by atoms with Crippen molar-refractivity contribution in [2.24, 2.45) is 5.10 Å². The zero-order valence-electron chi connectivity index (χ0n) is 11.8. The number of nitro groups is 1. The van der Waals surface area contributed by atoms with E-state index in [1.54, 1.807) is 30.1 Å². The Kier molecular flexibility index (Phi) is 3.53. The molecule has 0 saturated carbocycles. The summed E-state index contributed by atoms with van der Waals surface area (Å²) in [7, 11) is 1.78. The molecule has 7 heteroatoms. The molecule has 0 spiro atoms. The van der Waals surface area contributed by atoms with Gasteiger partial charge >= 0.3 is 0 Å². The van der Waals surface area contributed by atoms with Crippen molar-refractivity contribution >= 4 is 28.9 Å². The summed E-state index contributed by atoms with van der Waals surface area (Å²) in [6.45, 7) is 0. The molecule has 0 radical (unpaired) electrons. The first-order chi connectivity index (χ1) is 10.7. The molecule has 0 aliphatic heterocycles. The number of rotatable bonds is 4. The molecule has 1 N–H and O–H groups in total. The summed E-state index contributed by atoms with van der Waals surface area (Å²) in [5.74, 6) is 0.624. The van der Waals surface area contributed by atoms with Crippen LogP contribution in [0.25, 0.3) is 11.0 Å². The number of anilines is 1. The first-order valence-corrected chi connectivity index (χ1v) is 6.63. The van der Waals surface area contributed by atoms with Gasteiger partial charge in [-0.25, -0.2) is 4.98 Å². The van der Waals surface area contributed by atoms with Crippen LogP contribution in [0.5, 0.6) is 0 Å². The van der Waals surface area contributed by atoms with E-state index >= 15 is 0 Å². The number of nitro benzene ring substituents is 1. The van der Waals surface area contributed by atoms with Crippen LogP contribution in [-0.2, 0) is 0 Å². The smallest absolute Gasteiger partial charge is 0.269 e. The second-order valence-electron chi connectivity index (χ2n) is 4.58. The van der Waals surface area contributed by atoms with Gasteiger partial charge in [-0.15, -0.1) is 0 Å². The van der Waals surface area contributed by atoms with E-state index in [9.17, 15) is 10.1 Å². The molecule has 0 saturated heterocycles. The molecular weight excluding hydrogens is 282 g/mol. The normalized spacial score (nSPS) is 11.1. The topological polar surface area (TPSA) is 85.3 Å². The number of hydrogen-bond acceptors (Lipinski definition) is 5. The molecule has 110 valence electrons. The fraction of sp³-hybridized carbons (Fsp3) is 0.0667. The second kappa shape index (κ2) is 5.65. The lowest BCUT2D eigenvalue weighted by Crippen LogP contribution is -1.99. The fourth-order valence-electron chi connectivity index (χ4n) is 2.10. The SMILES string of the molecule is CNc1nc2ccccc2n1/N=C\c1ccc([N+](=O)[O-])cc1. The summed E-state index contributed by atoms with van der Waals surface area (Å²) in [6.07, 6.45) is 1.64. The molecule has 0 bridgehead atoms. The molecule has 1 heterocycles. The van der Waals surface area contributed by atoms with Crippen LogP contribution >= 0.6 is 0 Å². The number of nitrogens with one attached hydrogen (secondary N) is 1. The number of fused-ring (bicyclic) bond motifs is 1. The Morgan fingerprint density at radius 1 is 1.23 bits per heavy atom. The number of hydrogen-bond donors (Lipinski definition) is 1. The first kappa shape index (κ1) is 13.7. The molecule has 3 rings (SSSR count). The van der Waals surface area contributed by atoms with Gasteiger partial charge in [0.05, 0.1) is 22.2 Å². The Morgan fingerprint density at radius 2 is 1.95 bits per heavy atom. The lowest BCUT2D eigenvalue weighted by molar-refractivity contribution is -0.384. The zero-order chi connectivity index (χ0) is 15.5. The Hall–Kier alpha value is -3.22. The molecule has 0 aliphatic rings. The third-order valence-corrected chi connectivity index (χ3v) is 3.19. The standard InChI is InChI=1S/C15H13N5O2/c1-16-15-18-13-4-2-3-5-14(13)19(15)17-10-11-6-8-12(9-7-11)20(21)22/h2-10H,1H3,(H,16,18)/b17-10-. The Morgan fingerprint density at radius 3 is 2.64 bits per heavy atom. The maximum absolute atomic E-state index is 10.6. The number of benzene rings is 2. The number of nitrogens with zero attached hydrogens (tertiary/aromatic N) is 4. The Labute approximate surface area is 126 Å². The van der Waals surface area contributed by atoms with E-state index in [1.807, 2.05) is 24.3 Å². The van der Waals surface area contributed by atoms with E-state index in [0.29, 0.717) is 5.95 Å². The van der Waals surface area contributed by atoms with E-state index in [0.717, 1.165) is 16.6 Å². The van der Waals surface area contributed by atoms with Crippen LogP contribution in [0.4, 0.5) is 11.6 Å². The molecule has 1 aromatic heterocycles. The van der Waals surface area contributed by atoms with Crippen molar-refractivity contribution < 1.29 is 4.92 Å².